The average molecular weight is 285 g/mol. The molecular formula is C13H14F3N3O. The van der Waals surface area contributed by atoms with Crippen LogP contribution in [0, 0.1) is 6.92 Å². The number of aromatic nitrogens is 2. The van der Waals surface area contributed by atoms with Crippen LogP contribution in [0.1, 0.15) is 12.0 Å². The predicted octanol–water partition coefficient (Wildman–Crippen LogP) is 3.09. The lowest BCUT2D eigenvalue weighted by Gasteiger charge is -2.06. The molecule has 0 atom stereocenters. The van der Waals surface area contributed by atoms with E-state index in [0.717, 1.165) is 5.69 Å². The van der Waals surface area contributed by atoms with E-state index < -0.39 is 19.2 Å². The van der Waals surface area contributed by atoms with E-state index >= 15 is 0 Å². The van der Waals surface area contributed by atoms with Crippen molar-refractivity contribution in [1.29, 1.82) is 0 Å². The molecular weight excluding hydrogens is 271 g/mol. The second-order valence-corrected chi connectivity index (χ2v) is 4.28. The first-order valence-corrected chi connectivity index (χ1v) is 5.98. The van der Waals surface area contributed by atoms with Crippen LogP contribution in [0.15, 0.2) is 30.3 Å². The minimum atomic E-state index is -4.25. The molecule has 1 aromatic carbocycles. The number of nitrogens with two attached hydrogens (primary N) is 1. The van der Waals surface area contributed by atoms with Crippen LogP contribution in [-0.4, -0.2) is 22.6 Å². The number of rotatable bonds is 4. The van der Waals surface area contributed by atoms with Gasteiger partial charge in [-0.3, -0.25) is 0 Å². The number of ether oxygens (including phenoxy) is 1. The SMILES string of the molecule is Cc1c(OCCC(F)(F)F)nn(-c2ccccc2)c1N. The molecule has 0 amide bonds. The van der Waals surface area contributed by atoms with Crippen LogP contribution in [0.25, 0.3) is 5.69 Å². The van der Waals surface area contributed by atoms with Gasteiger partial charge in [0.2, 0.25) is 5.88 Å². The zero-order valence-corrected chi connectivity index (χ0v) is 10.8. The van der Waals surface area contributed by atoms with E-state index in [-0.39, 0.29) is 5.88 Å². The third-order valence-electron chi connectivity index (χ3n) is 2.75. The Morgan fingerprint density at radius 2 is 1.90 bits per heavy atom. The van der Waals surface area contributed by atoms with Crippen LogP contribution in [0.5, 0.6) is 5.88 Å². The maximum atomic E-state index is 12.1. The van der Waals surface area contributed by atoms with Gasteiger partial charge in [-0.05, 0) is 19.1 Å². The lowest BCUT2D eigenvalue weighted by molar-refractivity contribution is -0.139. The van der Waals surface area contributed by atoms with Gasteiger partial charge < -0.3 is 10.5 Å². The van der Waals surface area contributed by atoms with Crippen molar-refractivity contribution in [2.24, 2.45) is 0 Å². The number of nitrogens with zero attached hydrogens (tertiary/aromatic N) is 2. The molecule has 7 heteroatoms. The zero-order chi connectivity index (χ0) is 14.8. The Kier molecular flexibility index (Phi) is 3.87. The summed E-state index contributed by atoms with van der Waals surface area (Å²) in [6, 6.07) is 9.06. The van der Waals surface area contributed by atoms with Crippen LogP contribution in [0.3, 0.4) is 0 Å². The maximum Gasteiger partial charge on any atom is 0.392 e. The molecule has 0 bridgehead atoms. The van der Waals surface area contributed by atoms with Gasteiger partial charge in [0.25, 0.3) is 0 Å². The summed E-state index contributed by atoms with van der Waals surface area (Å²) in [5.74, 6) is 0.466. The molecule has 4 nitrogen and oxygen atoms in total. The summed E-state index contributed by atoms with van der Waals surface area (Å²) in [7, 11) is 0. The lowest BCUT2D eigenvalue weighted by atomic mass is 10.3. The Balaban J connectivity index is 2.16. The fourth-order valence-corrected chi connectivity index (χ4v) is 1.65. The highest BCUT2D eigenvalue weighted by atomic mass is 19.4. The van der Waals surface area contributed by atoms with E-state index in [2.05, 4.69) is 5.10 Å². The van der Waals surface area contributed by atoms with Gasteiger partial charge in [0.15, 0.2) is 0 Å². The molecule has 2 N–H and O–H groups in total. The second-order valence-electron chi connectivity index (χ2n) is 4.28. The third-order valence-corrected chi connectivity index (χ3v) is 2.75. The topological polar surface area (TPSA) is 53.1 Å². The van der Waals surface area contributed by atoms with E-state index in [1.54, 1.807) is 19.1 Å². The van der Waals surface area contributed by atoms with E-state index in [9.17, 15) is 13.2 Å². The van der Waals surface area contributed by atoms with Crippen LogP contribution >= 0.6 is 0 Å². The van der Waals surface area contributed by atoms with Crippen LogP contribution in [0.4, 0.5) is 19.0 Å². The summed E-state index contributed by atoms with van der Waals surface area (Å²) >= 11 is 0. The van der Waals surface area contributed by atoms with Crippen molar-refractivity contribution in [3.8, 4) is 11.6 Å². The summed E-state index contributed by atoms with van der Waals surface area (Å²) in [6.07, 6.45) is -5.27. The molecule has 0 aliphatic heterocycles. The molecule has 0 aliphatic carbocycles. The van der Waals surface area contributed by atoms with Crippen molar-refractivity contribution in [2.75, 3.05) is 12.3 Å². The number of nitrogen functional groups attached to an aromatic ring is 1. The lowest BCUT2D eigenvalue weighted by Crippen LogP contribution is -2.13. The highest BCUT2D eigenvalue weighted by Crippen LogP contribution is 2.26. The van der Waals surface area contributed by atoms with Crippen LogP contribution in [-0.2, 0) is 0 Å². The van der Waals surface area contributed by atoms with E-state index in [0.29, 0.717) is 11.4 Å². The second kappa shape index (κ2) is 5.44. The summed E-state index contributed by atoms with van der Waals surface area (Å²) in [5.41, 5.74) is 7.14. The summed E-state index contributed by atoms with van der Waals surface area (Å²) in [6.45, 7) is 1.18. The van der Waals surface area contributed by atoms with Gasteiger partial charge in [-0.1, -0.05) is 18.2 Å². The Hall–Kier alpha value is -2.18. The quantitative estimate of drug-likeness (QED) is 0.939. The molecule has 0 radical (unpaired) electrons. The van der Waals surface area contributed by atoms with Crippen molar-refractivity contribution in [2.45, 2.75) is 19.5 Å². The number of hydrogen-bond donors (Lipinski definition) is 1. The number of hydrogen-bond acceptors (Lipinski definition) is 3. The van der Waals surface area contributed by atoms with Crippen molar-refractivity contribution in [3.63, 3.8) is 0 Å². The molecule has 0 fully saturated rings. The molecule has 1 aromatic heterocycles. The number of halogens is 3. The number of alkyl halides is 3. The maximum absolute atomic E-state index is 12.1. The first kappa shape index (κ1) is 14.2. The molecule has 2 aromatic rings. The van der Waals surface area contributed by atoms with E-state index in [4.69, 9.17) is 10.5 Å². The van der Waals surface area contributed by atoms with E-state index in [1.807, 2.05) is 18.2 Å². The molecule has 108 valence electrons. The summed E-state index contributed by atoms with van der Waals surface area (Å²) in [5, 5.41) is 4.10. The van der Waals surface area contributed by atoms with Crippen molar-refractivity contribution < 1.29 is 17.9 Å². The normalized spacial score (nSPS) is 11.6. The van der Waals surface area contributed by atoms with Crippen molar-refractivity contribution in [1.82, 2.24) is 9.78 Å². The minimum Gasteiger partial charge on any atom is -0.476 e. The Morgan fingerprint density at radius 3 is 2.50 bits per heavy atom. The molecule has 0 unspecified atom stereocenters. The highest BCUT2D eigenvalue weighted by Gasteiger charge is 2.27. The van der Waals surface area contributed by atoms with Gasteiger partial charge in [-0.25, -0.2) is 4.68 Å². The van der Waals surface area contributed by atoms with Crippen molar-refractivity contribution in [3.05, 3.63) is 35.9 Å². The summed E-state index contributed by atoms with van der Waals surface area (Å²) < 4.78 is 42.7. The minimum absolute atomic E-state index is 0.121. The Morgan fingerprint density at radius 1 is 1.25 bits per heavy atom. The fourth-order valence-electron chi connectivity index (χ4n) is 1.65. The molecule has 0 aliphatic rings. The zero-order valence-electron chi connectivity index (χ0n) is 10.8. The van der Waals surface area contributed by atoms with Crippen molar-refractivity contribution >= 4 is 5.82 Å². The molecule has 2 rings (SSSR count). The van der Waals surface area contributed by atoms with E-state index in [1.165, 1.54) is 4.68 Å². The number of anilines is 1. The Bertz CT molecular complexity index is 579. The largest absolute Gasteiger partial charge is 0.476 e. The molecule has 0 spiro atoms. The van der Waals surface area contributed by atoms with Gasteiger partial charge in [-0.15, -0.1) is 5.10 Å². The van der Waals surface area contributed by atoms with Gasteiger partial charge in [0.1, 0.15) is 5.82 Å². The van der Waals surface area contributed by atoms with Gasteiger partial charge >= 0.3 is 6.18 Å². The van der Waals surface area contributed by atoms with Crippen LogP contribution in [0.2, 0.25) is 0 Å². The fraction of sp³-hybridized carbons (Fsp3) is 0.308. The first-order valence-electron chi connectivity index (χ1n) is 5.98. The predicted molar refractivity (Wildman–Crippen MR) is 68.9 cm³/mol. The molecule has 20 heavy (non-hydrogen) atoms. The first-order chi connectivity index (χ1) is 9.38. The smallest absolute Gasteiger partial charge is 0.392 e. The molecule has 0 saturated heterocycles. The average Bonchev–Trinajstić information content (AvgIpc) is 2.67. The van der Waals surface area contributed by atoms with Crippen LogP contribution < -0.4 is 10.5 Å². The molecule has 1 heterocycles. The third kappa shape index (κ3) is 3.23. The molecule has 0 saturated carbocycles. The number of para-hydroxylation sites is 1. The van der Waals surface area contributed by atoms with Gasteiger partial charge in [-0.2, -0.15) is 13.2 Å². The summed E-state index contributed by atoms with van der Waals surface area (Å²) in [4.78, 5) is 0. The monoisotopic (exact) mass is 285 g/mol. The number of benzene rings is 1. The Labute approximate surface area is 114 Å². The highest BCUT2D eigenvalue weighted by molar-refractivity contribution is 5.51. The standard InChI is InChI=1S/C13H14F3N3O/c1-9-11(17)19(10-5-3-2-4-6-10)18-12(9)20-8-7-13(14,15)16/h2-6H,7-8,17H2,1H3. The van der Waals surface area contributed by atoms with Gasteiger partial charge in [0, 0.05) is 0 Å². The van der Waals surface area contributed by atoms with Gasteiger partial charge in [0.05, 0.1) is 24.3 Å².